The van der Waals surface area contributed by atoms with Crippen molar-refractivity contribution in [1.82, 2.24) is 10.7 Å². The van der Waals surface area contributed by atoms with Gasteiger partial charge in [0.1, 0.15) is 0 Å². The quantitative estimate of drug-likeness (QED) is 0.622. The molecular formula is C21H25N3S. The molecule has 0 aromatic heterocycles. The maximum atomic E-state index is 5.63. The number of hydrogen-bond donors (Lipinski definition) is 2. The summed E-state index contributed by atoms with van der Waals surface area (Å²) in [5.74, 6) is 1.73. The van der Waals surface area contributed by atoms with Crippen molar-refractivity contribution in [3.05, 3.63) is 66.2 Å². The van der Waals surface area contributed by atoms with Crippen LogP contribution in [-0.4, -0.2) is 11.2 Å². The summed E-state index contributed by atoms with van der Waals surface area (Å²) in [6.45, 7) is 0.767. The molecular weight excluding hydrogens is 326 g/mol. The maximum Gasteiger partial charge on any atom is 0.185 e. The molecule has 3 nitrogen and oxygen atoms in total. The number of fused-ring (bicyclic) bond motifs is 2. The summed E-state index contributed by atoms with van der Waals surface area (Å²) in [6.07, 6.45) is 5.42. The van der Waals surface area contributed by atoms with Crippen LogP contribution < -0.4 is 15.8 Å². The van der Waals surface area contributed by atoms with E-state index in [1.807, 2.05) is 12.1 Å². The lowest BCUT2D eigenvalue weighted by atomic mass is 9.96. The molecule has 2 bridgehead atoms. The summed E-state index contributed by atoms with van der Waals surface area (Å²) >= 11 is 5.63. The molecule has 3 atom stereocenters. The topological polar surface area (TPSA) is 27.3 Å². The predicted octanol–water partition coefficient (Wildman–Crippen LogP) is 4.26. The highest BCUT2D eigenvalue weighted by Crippen LogP contribution is 2.44. The Kier molecular flexibility index (Phi) is 4.88. The van der Waals surface area contributed by atoms with Crippen molar-refractivity contribution >= 4 is 23.0 Å². The zero-order valence-corrected chi connectivity index (χ0v) is 15.2. The van der Waals surface area contributed by atoms with Gasteiger partial charge in [-0.3, -0.25) is 10.4 Å². The molecule has 2 fully saturated rings. The molecule has 0 saturated heterocycles. The third-order valence-electron chi connectivity index (χ3n) is 5.54. The van der Waals surface area contributed by atoms with Crippen LogP contribution in [0, 0.1) is 11.8 Å². The lowest BCUT2D eigenvalue weighted by molar-refractivity contribution is 0.389. The van der Waals surface area contributed by atoms with Gasteiger partial charge >= 0.3 is 0 Å². The molecule has 2 aromatic carbocycles. The van der Waals surface area contributed by atoms with Crippen LogP contribution in [0.15, 0.2) is 60.7 Å². The van der Waals surface area contributed by atoms with Gasteiger partial charge < -0.3 is 5.32 Å². The number of nitrogens with one attached hydrogen (secondary N) is 2. The highest BCUT2D eigenvalue weighted by molar-refractivity contribution is 7.80. The molecule has 0 heterocycles. The highest BCUT2D eigenvalue weighted by atomic mass is 32.1. The number of rotatable bonds is 5. The Bertz CT molecular complexity index is 704. The summed E-state index contributed by atoms with van der Waals surface area (Å²) in [5.41, 5.74) is 5.79. The first-order chi connectivity index (χ1) is 12.3. The molecule has 130 valence electrons. The Morgan fingerprint density at radius 2 is 1.68 bits per heavy atom. The van der Waals surface area contributed by atoms with Gasteiger partial charge in [0, 0.05) is 6.04 Å². The summed E-state index contributed by atoms with van der Waals surface area (Å²) in [4.78, 5) is 0. The van der Waals surface area contributed by atoms with Gasteiger partial charge in [0.15, 0.2) is 5.11 Å². The third-order valence-corrected chi connectivity index (χ3v) is 5.75. The summed E-state index contributed by atoms with van der Waals surface area (Å²) in [7, 11) is 0. The van der Waals surface area contributed by atoms with Crippen molar-refractivity contribution in [1.29, 1.82) is 0 Å². The molecule has 2 aliphatic carbocycles. The smallest absolute Gasteiger partial charge is 0.185 e. The molecule has 25 heavy (non-hydrogen) atoms. The van der Waals surface area contributed by atoms with E-state index in [1.54, 1.807) is 0 Å². The lowest BCUT2D eigenvalue weighted by Gasteiger charge is -2.30. The number of thiocarbonyl (C=S) groups is 1. The number of benzene rings is 2. The van der Waals surface area contributed by atoms with E-state index < -0.39 is 0 Å². The molecule has 0 aliphatic heterocycles. The van der Waals surface area contributed by atoms with Crippen LogP contribution in [0.1, 0.15) is 31.2 Å². The van der Waals surface area contributed by atoms with Crippen molar-refractivity contribution in [2.24, 2.45) is 11.8 Å². The fourth-order valence-electron chi connectivity index (χ4n) is 4.31. The molecule has 4 rings (SSSR count). The normalized spacial score (nSPS) is 24.1. The van der Waals surface area contributed by atoms with Crippen LogP contribution in [0.25, 0.3) is 0 Å². The largest absolute Gasteiger partial charge is 0.358 e. The minimum absolute atomic E-state index is 0.549. The maximum absolute atomic E-state index is 5.63. The zero-order chi connectivity index (χ0) is 17.1. The van der Waals surface area contributed by atoms with Gasteiger partial charge in [0.05, 0.1) is 12.2 Å². The molecule has 2 saturated carbocycles. The second kappa shape index (κ2) is 7.44. The lowest BCUT2D eigenvalue weighted by Crippen LogP contribution is -2.51. The SMILES string of the molecule is S=C(N[C@H]1C[C@H]2CC[C@H]1C2)NN(Cc1ccccc1)c1ccccc1. The minimum Gasteiger partial charge on any atom is -0.358 e. The van der Waals surface area contributed by atoms with Crippen LogP contribution in [0.2, 0.25) is 0 Å². The number of hydrazine groups is 1. The van der Waals surface area contributed by atoms with Gasteiger partial charge in [-0.05, 0) is 61.0 Å². The van der Waals surface area contributed by atoms with E-state index in [0.717, 1.165) is 29.2 Å². The molecule has 2 N–H and O–H groups in total. The number of anilines is 1. The molecule has 0 amide bonds. The second-order valence-electron chi connectivity index (χ2n) is 7.27. The van der Waals surface area contributed by atoms with E-state index in [0.29, 0.717) is 6.04 Å². The van der Waals surface area contributed by atoms with E-state index in [2.05, 4.69) is 64.3 Å². The number of nitrogens with zero attached hydrogens (tertiary/aromatic N) is 1. The first-order valence-electron chi connectivity index (χ1n) is 9.21. The molecule has 0 spiro atoms. The number of para-hydroxylation sites is 1. The molecule has 0 radical (unpaired) electrons. The van der Waals surface area contributed by atoms with Crippen molar-refractivity contribution in [2.75, 3.05) is 5.01 Å². The van der Waals surface area contributed by atoms with E-state index >= 15 is 0 Å². The first kappa shape index (κ1) is 16.4. The predicted molar refractivity (Wildman–Crippen MR) is 107 cm³/mol. The van der Waals surface area contributed by atoms with Crippen LogP contribution in [0.5, 0.6) is 0 Å². The fourth-order valence-corrected chi connectivity index (χ4v) is 4.58. The van der Waals surface area contributed by atoms with Crippen LogP contribution in [0.3, 0.4) is 0 Å². The van der Waals surface area contributed by atoms with Crippen LogP contribution in [-0.2, 0) is 6.54 Å². The Balaban J connectivity index is 1.43. The molecule has 2 aliphatic rings. The van der Waals surface area contributed by atoms with Gasteiger partial charge in [0.2, 0.25) is 0 Å². The Hall–Kier alpha value is -2.07. The average Bonchev–Trinajstić information content (AvgIpc) is 3.26. The molecule has 0 unspecified atom stereocenters. The molecule has 4 heteroatoms. The van der Waals surface area contributed by atoms with Gasteiger partial charge in [-0.15, -0.1) is 0 Å². The standard InChI is InChI=1S/C21H25N3S/c25-21(22-20-14-17-11-12-18(20)13-17)23-24(19-9-5-2-6-10-19)15-16-7-3-1-4-8-16/h1-10,17-18,20H,11-15H2,(H2,22,23,25)/t17-,18-,20-/m0/s1. The Morgan fingerprint density at radius 3 is 2.32 bits per heavy atom. The second-order valence-corrected chi connectivity index (χ2v) is 7.68. The Labute approximate surface area is 155 Å². The molecule has 2 aromatic rings. The minimum atomic E-state index is 0.549. The van der Waals surface area contributed by atoms with E-state index in [9.17, 15) is 0 Å². The third kappa shape index (κ3) is 3.96. The zero-order valence-electron chi connectivity index (χ0n) is 14.4. The average molecular weight is 352 g/mol. The van der Waals surface area contributed by atoms with Gasteiger partial charge in [-0.2, -0.15) is 0 Å². The van der Waals surface area contributed by atoms with Crippen LogP contribution >= 0.6 is 12.2 Å². The van der Waals surface area contributed by atoms with Crippen molar-refractivity contribution in [3.8, 4) is 0 Å². The van der Waals surface area contributed by atoms with E-state index in [4.69, 9.17) is 12.2 Å². The number of hydrogen-bond acceptors (Lipinski definition) is 2. The summed E-state index contributed by atoms with van der Waals surface area (Å²) in [5, 5.41) is 6.43. The summed E-state index contributed by atoms with van der Waals surface area (Å²) < 4.78 is 0. The van der Waals surface area contributed by atoms with Crippen molar-refractivity contribution in [3.63, 3.8) is 0 Å². The van der Waals surface area contributed by atoms with E-state index in [1.165, 1.54) is 31.2 Å². The van der Waals surface area contributed by atoms with Gasteiger partial charge in [-0.1, -0.05) is 55.0 Å². The van der Waals surface area contributed by atoms with Crippen molar-refractivity contribution in [2.45, 2.75) is 38.3 Å². The van der Waals surface area contributed by atoms with E-state index in [-0.39, 0.29) is 0 Å². The first-order valence-corrected chi connectivity index (χ1v) is 9.62. The Morgan fingerprint density at radius 1 is 0.960 bits per heavy atom. The van der Waals surface area contributed by atoms with Gasteiger partial charge in [0.25, 0.3) is 0 Å². The van der Waals surface area contributed by atoms with Crippen molar-refractivity contribution < 1.29 is 0 Å². The highest BCUT2D eigenvalue weighted by Gasteiger charge is 2.39. The summed E-state index contributed by atoms with van der Waals surface area (Å²) in [6, 6.07) is 21.4. The fraction of sp³-hybridized carbons (Fsp3) is 0.381. The monoisotopic (exact) mass is 351 g/mol. The van der Waals surface area contributed by atoms with Crippen LogP contribution in [0.4, 0.5) is 5.69 Å². The van der Waals surface area contributed by atoms with Gasteiger partial charge in [-0.25, -0.2) is 0 Å².